The Balaban J connectivity index is 1.63. The average molecular weight is 617 g/mol. The molecule has 0 amide bonds. The Labute approximate surface area is 240 Å². The quantitative estimate of drug-likeness (QED) is 0.0978. The molecule has 4 rings (SSSR count). The van der Waals surface area contributed by atoms with Gasteiger partial charge in [-0.2, -0.15) is 8.78 Å². The predicted octanol–water partition coefficient (Wildman–Crippen LogP) is 10.9. The lowest BCUT2D eigenvalue weighted by atomic mass is 9.96. The highest BCUT2D eigenvalue weighted by Gasteiger charge is 2.42. The molecule has 0 unspecified atom stereocenters. The van der Waals surface area contributed by atoms with E-state index < -0.39 is 69.3 Å². The first kappa shape index (κ1) is 31.3. The number of alkyl halides is 2. The van der Waals surface area contributed by atoms with Crippen molar-refractivity contribution in [3.63, 3.8) is 0 Å². The van der Waals surface area contributed by atoms with Gasteiger partial charge in [0.2, 0.25) is 0 Å². The molecule has 0 fully saturated rings. The molecule has 222 valence electrons. The molecule has 0 aliphatic carbocycles. The Hall–Kier alpha value is -3.66. The van der Waals surface area contributed by atoms with Crippen LogP contribution in [0.2, 0.25) is 5.02 Å². The van der Waals surface area contributed by atoms with Crippen molar-refractivity contribution in [2.24, 2.45) is 0 Å². The first-order valence-corrected chi connectivity index (χ1v) is 13.2. The van der Waals surface area contributed by atoms with Gasteiger partial charge in [-0.1, -0.05) is 49.9 Å². The summed E-state index contributed by atoms with van der Waals surface area (Å²) in [6.07, 6.45) is -0.147. The highest BCUT2D eigenvalue weighted by Crippen LogP contribution is 2.41. The van der Waals surface area contributed by atoms with Crippen LogP contribution >= 0.6 is 11.6 Å². The lowest BCUT2D eigenvalue weighted by Gasteiger charge is -2.20. The molecule has 0 heterocycles. The maximum absolute atomic E-state index is 15.2. The van der Waals surface area contributed by atoms with Gasteiger partial charge < -0.3 is 4.74 Å². The first-order chi connectivity index (χ1) is 19.8. The van der Waals surface area contributed by atoms with E-state index >= 15 is 4.39 Å². The van der Waals surface area contributed by atoms with E-state index in [0.29, 0.717) is 18.6 Å². The van der Waals surface area contributed by atoms with E-state index in [4.69, 9.17) is 11.6 Å². The second-order valence-electron chi connectivity index (χ2n) is 9.57. The van der Waals surface area contributed by atoms with Gasteiger partial charge in [-0.3, -0.25) is 0 Å². The molecule has 11 heteroatoms. The number of aryl methyl sites for hydroxylation is 1. The largest absolute Gasteiger partial charge is 0.432 e. The minimum absolute atomic E-state index is 0.0258. The van der Waals surface area contributed by atoms with Gasteiger partial charge in [0.15, 0.2) is 17.5 Å². The molecule has 0 aliphatic heterocycles. The monoisotopic (exact) mass is 616 g/mol. The maximum atomic E-state index is 15.2. The second kappa shape index (κ2) is 12.7. The standard InChI is InChI=1S/C31H22ClF9O/c1-2-3-4-5-6-16-7-8-20(22(33)9-16)17-10-21(32)28(23(34)11-17)18-12-24(35)29(25(36)13-18)31(40,41)42-19-14-26(37)30(39)27(38)15-19/h7-15H,2-6H2,1H3. The second-order valence-corrected chi connectivity index (χ2v) is 9.98. The Morgan fingerprint density at radius 3 is 1.86 bits per heavy atom. The fourth-order valence-corrected chi connectivity index (χ4v) is 4.81. The molecule has 1 nitrogen and oxygen atoms in total. The number of benzene rings is 4. The summed E-state index contributed by atoms with van der Waals surface area (Å²) >= 11 is 6.20. The van der Waals surface area contributed by atoms with E-state index in [1.807, 2.05) is 0 Å². The average Bonchev–Trinajstić information content (AvgIpc) is 2.88. The van der Waals surface area contributed by atoms with Gasteiger partial charge in [0, 0.05) is 23.3 Å². The molecule has 0 N–H and O–H groups in total. The SMILES string of the molecule is CCCCCCc1ccc(-c2cc(F)c(-c3cc(F)c(C(F)(F)Oc4cc(F)c(F)c(F)c4)c(F)c3)c(Cl)c2)c(F)c1. The van der Waals surface area contributed by atoms with Gasteiger partial charge in [0.1, 0.15) is 34.6 Å². The molecule has 0 bridgehead atoms. The summed E-state index contributed by atoms with van der Waals surface area (Å²) in [5.74, 6) is -12.5. The third-order valence-electron chi connectivity index (χ3n) is 6.53. The molecular formula is C31H22ClF9O. The van der Waals surface area contributed by atoms with E-state index in [9.17, 15) is 35.1 Å². The van der Waals surface area contributed by atoms with Crippen LogP contribution in [-0.2, 0) is 12.5 Å². The molecule has 0 saturated carbocycles. The predicted molar refractivity (Wildman–Crippen MR) is 141 cm³/mol. The Bertz CT molecular complexity index is 1550. The smallest absolute Gasteiger partial charge is 0.429 e. The van der Waals surface area contributed by atoms with Crippen LogP contribution < -0.4 is 4.74 Å². The summed E-state index contributed by atoms with van der Waals surface area (Å²) in [6.45, 7) is 2.08. The van der Waals surface area contributed by atoms with Crippen molar-refractivity contribution in [1.29, 1.82) is 0 Å². The summed E-state index contributed by atoms with van der Waals surface area (Å²) in [6, 6.07) is 7.40. The highest BCUT2D eigenvalue weighted by molar-refractivity contribution is 6.33. The molecule has 4 aromatic rings. The van der Waals surface area contributed by atoms with Crippen LogP contribution in [0.1, 0.15) is 43.7 Å². The van der Waals surface area contributed by atoms with Crippen LogP contribution in [0.5, 0.6) is 5.75 Å². The van der Waals surface area contributed by atoms with E-state index in [1.54, 1.807) is 6.07 Å². The van der Waals surface area contributed by atoms with Crippen molar-refractivity contribution in [3.05, 3.63) is 111 Å². The minimum Gasteiger partial charge on any atom is -0.429 e. The molecular weight excluding hydrogens is 595 g/mol. The summed E-state index contributed by atoms with van der Waals surface area (Å²) in [4.78, 5) is 0. The van der Waals surface area contributed by atoms with Crippen LogP contribution in [0, 0.1) is 40.7 Å². The van der Waals surface area contributed by atoms with Gasteiger partial charge in [0.25, 0.3) is 0 Å². The normalized spacial score (nSPS) is 11.7. The summed E-state index contributed by atoms with van der Waals surface area (Å²) < 4.78 is 133. The molecule has 0 saturated heterocycles. The molecule has 0 radical (unpaired) electrons. The lowest BCUT2D eigenvalue weighted by Crippen LogP contribution is -2.25. The summed E-state index contributed by atoms with van der Waals surface area (Å²) in [7, 11) is 0. The minimum atomic E-state index is -4.82. The Morgan fingerprint density at radius 2 is 1.29 bits per heavy atom. The Kier molecular flexibility index (Phi) is 9.45. The number of unbranched alkanes of at least 4 members (excludes halogenated alkanes) is 3. The summed E-state index contributed by atoms with van der Waals surface area (Å²) in [5.41, 5.74) is -2.26. The number of ether oxygens (including phenoxy) is 1. The third kappa shape index (κ3) is 6.69. The van der Waals surface area contributed by atoms with E-state index in [1.165, 1.54) is 18.2 Å². The zero-order valence-electron chi connectivity index (χ0n) is 21.9. The molecule has 0 aromatic heterocycles. The van der Waals surface area contributed by atoms with Crippen LogP contribution in [-0.4, -0.2) is 0 Å². The number of hydrogen-bond acceptors (Lipinski definition) is 1. The Morgan fingerprint density at radius 1 is 0.667 bits per heavy atom. The van der Waals surface area contributed by atoms with Gasteiger partial charge in [0.05, 0.1) is 5.02 Å². The van der Waals surface area contributed by atoms with Crippen molar-refractivity contribution < 1.29 is 44.3 Å². The van der Waals surface area contributed by atoms with Gasteiger partial charge in [-0.25, -0.2) is 30.7 Å². The van der Waals surface area contributed by atoms with Crippen molar-refractivity contribution in [3.8, 4) is 28.0 Å². The van der Waals surface area contributed by atoms with Crippen molar-refractivity contribution in [1.82, 2.24) is 0 Å². The third-order valence-corrected chi connectivity index (χ3v) is 6.83. The van der Waals surface area contributed by atoms with Crippen molar-refractivity contribution in [2.45, 2.75) is 45.1 Å². The molecule has 0 spiro atoms. The van der Waals surface area contributed by atoms with E-state index in [0.717, 1.165) is 37.3 Å². The molecule has 4 aromatic carbocycles. The zero-order chi connectivity index (χ0) is 30.8. The topological polar surface area (TPSA) is 9.23 Å². The number of hydrogen-bond donors (Lipinski definition) is 0. The summed E-state index contributed by atoms with van der Waals surface area (Å²) in [5, 5.41) is -0.389. The molecule has 0 aliphatic rings. The molecule has 0 atom stereocenters. The zero-order valence-corrected chi connectivity index (χ0v) is 22.7. The lowest BCUT2D eigenvalue weighted by molar-refractivity contribution is -0.189. The van der Waals surface area contributed by atoms with Crippen LogP contribution in [0.25, 0.3) is 22.3 Å². The van der Waals surface area contributed by atoms with E-state index in [-0.39, 0.29) is 28.3 Å². The van der Waals surface area contributed by atoms with Crippen LogP contribution in [0.3, 0.4) is 0 Å². The van der Waals surface area contributed by atoms with Crippen LogP contribution in [0.4, 0.5) is 39.5 Å². The maximum Gasteiger partial charge on any atom is 0.432 e. The van der Waals surface area contributed by atoms with Crippen LogP contribution in [0.15, 0.2) is 54.6 Å². The fourth-order valence-electron chi connectivity index (χ4n) is 4.49. The first-order valence-electron chi connectivity index (χ1n) is 12.8. The van der Waals surface area contributed by atoms with Gasteiger partial charge in [-0.05, 0) is 59.9 Å². The van der Waals surface area contributed by atoms with Crippen molar-refractivity contribution >= 4 is 11.6 Å². The fraction of sp³-hybridized carbons (Fsp3) is 0.226. The van der Waals surface area contributed by atoms with Gasteiger partial charge >= 0.3 is 6.11 Å². The highest BCUT2D eigenvalue weighted by atomic mass is 35.5. The van der Waals surface area contributed by atoms with Gasteiger partial charge in [-0.15, -0.1) is 0 Å². The number of halogens is 10. The van der Waals surface area contributed by atoms with Crippen molar-refractivity contribution in [2.75, 3.05) is 0 Å². The number of rotatable bonds is 10. The van der Waals surface area contributed by atoms with E-state index in [2.05, 4.69) is 11.7 Å². The molecule has 42 heavy (non-hydrogen) atoms.